The van der Waals surface area contributed by atoms with Gasteiger partial charge in [0.1, 0.15) is 11.6 Å². The lowest BCUT2D eigenvalue weighted by molar-refractivity contribution is 0.337. The van der Waals surface area contributed by atoms with Crippen LogP contribution in [0.1, 0.15) is 18.1 Å². The molecule has 2 aromatic carbocycles. The normalized spacial score (nSPS) is 10.6. The molecule has 112 valence electrons. The van der Waals surface area contributed by atoms with Crippen LogP contribution in [-0.2, 0) is 6.42 Å². The van der Waals surface area contributed by atoms with Crippen molar-refractivity contribution >= 4 is 5.82 Å². The molecule has 4 nitrogen and oxygen atoms in total. The first-order chi connectivity index (χ1) is 10.8. The number of nitrogens with two attached hydrogens (primary N) is 1. The number of anilines is 1. The second kappa shape index (κ2) is 6.35. The van der Waals surface area contributed by atoms with Gasteiger partial charge in [0.15, 0.2) is 0 Å². The molecule has 0 aliphatic heterocycles. The van der Waals surface area contributed by atoms with Gasteiger partial charge in [-0.25, -0.2) is 4.68 Å². The topological polar surface area (TPSA) is 53.1 Å². The maximum Gasteiger partial charge on any atom is 0.130 e. The van der Waals surface area contributed by atoms with Crippen LogP contribution in [-0.4, -0.2) is 16.4 Å². The van der Waals surface area contributed by atoms with Crippen molar-refractivity contribution in [2.45, 2.75) is 13.3 Å². The van der Waals surface area contributed by atoms with Crippen LogP contribution in [0, 0.1) is 0 Å². The summed E-state index contributed by atoms with van der Waals surface area (Å²) in [6.07, 6.45) is 2.53. The second-order valence-corrected chi connectivity index (χ2v) is 5.02. The third-order valence-corrected chi connectivity index (χ3v) is 3.54. The first kappa shape index (κ1) is 14.2. The number of aromatic nitrogens is 2. The van der Waals surface area contributed by atoms with Crippen molar-refractivity contribution in [3.63, 3.8) is 0 Å². The highest BCUT2D eigenvalue weighted by Crippen LogP contribution is 2.25. The van der Waals surface area contributed by atoms with Crippen molar-refractivity contribution in [3.8, 4) is 11.4 Å². The Morgan fingerprint density at radius 2 is 1.73 bits per heavy atom. The summed E-state index contributed by atoms with van der Waals surface area (Å²) in [7, 11) is 0. The van der Waals surface area contributed by atoms with E-state index in [-0.39, 0.29) is 0 Å². The number of nitrogen functional groups attached to an aromatic ring is 1. The molecule has 0 radical (unpaired) electrons. The highest BCUT2D eigenvalue weighted by atomic mass is 16.5. The molecule has 0 atom stereocenters. The smallest absolute Gasteiger partial charge is 0.130 e. The largest absolute Gasteiger partial charge is 0.494 e. The van der Waals surface area contributed by atoms with E-state index >= 15 is 0 Å². The zero-order valence-electron chi connectivity index (χ0n) is 12.6. The van der Waals surface area contributed by atoms with E-state index < -0.39 is 0 Å². The molecule has 0 saturated heterocycles. The third-order valence-electron chi connectivity index (χ3n) is 3.54. The molecule has 0 aliphatic rings. The van der Waals surface area contributed by atoms with Crippen LogP contribution in [0.3, 0.4) is 0 Å². The van der Waals surface area contributed by atoms with Crippen LogP contribution in [0.25, 0.3) is 5.69 Å². The average Bonchev–Trinajstić information content (AvgIpc) is 2.91. The van der Waals surface area contributed by atoms with Gasteiger partial charge >= 0.3 is 0 Å². The third kappa shape index (κ3) is 2.81. The van der Waals surface area contributed by atoms with Crippen molar-refractivity contribution in [1.82, 2.24) is 9.78 Å². The molecule has 1 heterocycles. The van der Waals surface area contributed by atoms with Gasteiger partial charge in [-0.05, 0) is 30.7 Å². The molecule has 0 aliphatic carbocycles. The van der Waals surface area contributed by atoms with Crippen molar-refractivity contribution in [1.29, 1.82) is 0 Å². The molecule has 0 bridgehead atoms. The van der Waals surface area contributed by atoms with E-state index in [1.54, 1.807) is 4.68 Å². The van der Waals surface area contributed by atoms with Crippen molar-refractivity contribution in [2.24, 2.45) is 0 Å². The van der Waals surface area contributed by atoms with Crippen LogP contribution in [0.5, 0.6) is 5.75 Å². The molecule has 22 heavy (non-hydrogen) atoms. The Labute approximate surface area is 130 Å². The van der Waals surface area contributed by atoms with E-state index in [4.69, 9.17) is 10.5 Å². The number of benzene rings is 2. The Kier molecular flexibility index (Phi) is 4.10. The maximum absolute atomic E-state index is 6.27. The zero-order chi connectivity index (χ0) is 15.4. The van der Waals surface area contributed by atoms with E-state index in [0.717, 1.165) is 22.6 Å². The summed E-state index contributed by atoms with van der Waals surface area (Å²) < 4.78 is 7.44. The van der Waals surface area contributed by atoms with Gasteiger partial charge < -0.3 is 10.5 Å². The molecule has 0 saturated carbocycles. The molecule has 0 fully saturated rings. The van der Waals surface area contributed by atoms with E-state index in [2.05, 4.69) is 11.2 Å². The van der Waals surface area contributed by atoms with Crippen LogP contribution >= 0.6 is 0 Å². The van der Waals surface area contributed by atoms with Crippen molar-refractivity contribution in [2.75, 3.05) is 12.3 Å². The van der Waals surface area contributed by atoms with E-state index in [1.165, 1.54) is 0 Å². The Morgan fingerprint density at radius 1 is 1.00 bits per heavy atom. The van der Waals surface area contributed by atoms with Gasteiger partial charge in [-0.1, -0.05) is 36.4 Å². The fourth-order valence-corrected chi connectivity index (χ4v) is 2.45. The van der Waals surface area contributed by atoms with E-state index in [0.29, 0.717) is 18.8 Å². The molecular formula is C18H19N3O. The number of ether oxygens (including phenoxy) is 1. The minimum absolute atomic E-state index is 0.649. The summed E-state index contributed by atoms with van der Waals surface area (Å²) in [6.45, 7) is 2.63. The van der Waals surface area contributed by atoms with Crippen LogP contribution in [0.2, 0.25) is 0 Å². The fraction of sp³-hybridized carbons (Fsp3) is 0.167. The van der Waals surface area contributed by atoms with Crippen LogP contribution in [0.15, 0.2) is 60.8 Å². The minimum atomic E-state index is 0.649. The lowest BCUT2D eigenvalue weighted by atomic mass is 10.1. The lowest BCUT2D eigenvalue weighted by Gasteiger charge is -2.10. The molecule has 3 aromatic rings. The summed E-state index contributed by atoms with van der Waals surface area (Å²) in [5, 5.41) is 4.41. The van der Waals surface area contributed by atoms with Gasteiger partial charge in [-0.3, -0.25) is 0 Å². The zero-order valence-corrected chi connectivity index (χ0v) is 12.6. The van der Waals surface area contributed by atoms with Crippen molar-refractivity contribution in [3.05, 3.63) is 71.9 Å². The molecule has 4 heteroatoms. The second-order valence-electron chi connectivity index (χ2n) is 5.02. The molecule has 2 N–H and O–H groups in total. The highest BCUT2D eigenvalue weighted by molar-refractivity contribution is 5.50. The standard InChI is InChI=1S/C18H19N3O/c1-2-22-17-11-7-6-8-14(17)12-15-13-20-21(18(15)19)16-9-4-3-5-10-16/h3-11,13H,2,12,19H2,1H3. The predicted molar refractivity (Wildman–Crippen MR) is 88.4 cm³/mol. The van der Waals surface area contributed by atoms with Crippen molar-refractivity contribution < 1.29 is 4.74 Å². The fourth-order valence-electron chi connectivity index (χ4n) is 2.45. The molecular weight excluding hydrogens is 274 g/mol. The summed E-state index contributed by atoms with van der Waals surface area (Å²) in [5.74, 6) is 1.56. The molecule has 0 spiro atoms. The number of hydrogen-bond acceptors (Lipinski definition) is 3. The molecule has 3 rings (SSSR count). The van der Waals surface area contributed by atoms with Gasteiger partial charge in [0.25, 0.3) is 0 Å². The first-order valence-electron chi connectivity index (χ1n) is 7.38. The monoisotopic (exact) mass is 293 g/mol. The summed E-state index contributed by atoms with van der Waals surface area (Å²) in [4.78, 5) is 0. The highest BCUT2D eigenvalue weighted by Gasteiger charge is 2.11. The number of nitrogens with zero attached hydrogens (tertiary/aromatic N) is 2. The minimum Gasteiger partial charge on any atom is -0.494 e. The van der Waals surface area contributed by atoms with Gasteiger partial charge in [0.2, 0.25) is 0 Å². The van der Waals surface area contributed by atoms with Crippen LogP contribution < -0.4 is 10.5 Å². The maximum atomic E-state index is 6.27. The summed E-state index contributed by atoms with van der Waals surface area (Å²) in [5.41, 5.74) is 9.34. The molecule has 0 amide bonds. The van der Waals surface area contributed by atoms with Gasteiger partial charge in [0.05, 0.1) is 18.5 Å². The number of para-hydroxylation sites is 2. The number of rotatable bonds is 5. The quantitative estimate of drug-likeness (QED) is 0.784. The van der Waals surface area contributed by atoms with Gasteiger partial charge in [0, 0.05) is 12.0 Å². The lowest BCUT2D eigenvalue weighted by Crippen LogP contribution is -2.03. The summed E-state index contributed by atoms with van der Waals surface area (Å²) in [6, 6.07) is 17.9. The van der Waals surface area contributed by atoms with Crippen LogP contribution in [0.4, 0.5) is 5.82 Å². The Balaban J connectivity index is 1.90. The Bertz CT molecular complexity index is 750. The Hall–Kier alpha value is -2.75. The SMILES string of the molecule is CCOc1ccccc1Cc1cnn(-c2ccccc2)c1N. The average molecular weight is 293 g/mol. The molecule has 1 aromatic heterocycles. The van der Waals surface area contributed by atoms with Gasteiger partial charge in [-0.15, -0.1) is 0 Å². The molecule has 0 unspecified atom stereocenters. The van der Waals surface area contributed by atoms with E-state index in [1.807, 2.05) is 61.7 Å². The predicted octanol–water partition coefficient (Wildman–Crippen LogP) is 3.44. The first-order valence-corrected chi connectivity index (χ1v) is 7.38. The number of hydrogen-bond donors (Lipinski definition) is 1. The van der Waals surface area contributed by atoms with E-state index in [9.17, 15) is 0 Å². The van der Waals surface area contributed by atoms with Gasteiger partial charge in [-0.2, -0.15) is 5.10 Å². The summed E-state index contributed by atoms with van der Waals surface area (Å²) >= 11 is 0. The Morgan fingerprint density at radius 3 is 2.50 bits per heavy atom.